The number of aryl methyl sites for hydroxylation is 1. The maximum atomic E-state index is 3.89. The van der Waals surface area contributed by atoms with Crippen LogP contribution < -0.4 is 5.32 Å². The molecule has 0 aliphatic carbocycles. The minimum Gasteiger partial charge on any atom is -0.352 e. The van der Waals surface area contributed by atoms with Crippen molar-refractivity contribution in [2.45, 2.75) is 25.7 Å². The zero-order valence-corrected chi connectivity index (χ0v) is 9.89. The molecule has 0 atom stereocenters. The molecular formula is C10H20N6. The van der Waals surface area contributed by atoms with Crippen LogP contribution in [-0.2, 0) is 7.05 Å². The number of nitrogens with zero attached hydrogens (tertiary/aromatic N) is 5. The summed E-state index contributed by atoms with van der Waals surface area (Å²) < 4.78 is 1.66. The standard InChI is InChI=1S/C10H20N6/c1-15-10(12-13-14-15)11-6-9-16-7-4-2-3-5-8-16/h2-9H2,1H3,(H,11,12,14). The molecule has 6 nitrogen and oxygen atoms in total. The molecule has 16 heavy (non-hydrogen) atoms. The van der Waals surface area contributed by atoms with Crippen molar-refractivity contribution in [1.82, 2.24) is 25.1 Å². The Balaban J connectivity index is 1.69. The first-order valence-electron chi connectivity index (χ1n) is 6.05. The zero-order valence-electron chi connectivity index (χ0n) is 9.89. The third-order valence-corrected chi connectivity index (χ3v) is 3.03. The number of nitrogens with one attached hydrogen (secondary N) is 1. The molecule has 0 aromatic carbocycles. The van der Waals surface area contributed by atoms with Gasteiger partial charge in [-0.15, -0.1) is 0 Å². The van der Waals surface area contributed by atoms with Crippen LogP contribution in [0.25, 0.3) is 0 Å². The van der Waals surface area contributed by atoms with Crippen LogP contribution in [0.15, 0.2) is 0 Å². The van der Waals surface area contributed by atoms with Gasteiger partial charge in [0.05, 0.1) is 0 Å². The van der Waals surface area contributed by atoms with E-state index in [2.05, 4.69) is 25.7 Å². The molecule has 0 saturated carbocycles. The summed E-state index contributed by atoms with van der Waals surface area (Å²) in [5, 5.41) is 14.5. The van der Waals surface area contributed by atoms with E-state index in [0.717, 1.165) is 19.0 Å². The monoisotopic (exact) mass is 224 g/mol. The Hall–Kier alpha value is -1.17. The van der Waals surface area contributed by atoms with Gasteiger partial charge in [0.15, 0.2) is 0 Å². The Morgan fingerprint density at radius 1 is 1.19 bits per heavy atom. The van der Waals surface area contributed by atoms with Gasteiger partial charge in [0.2, 0.25) is 5.95 Å². The number of hydrogen-bond acceptors (Lipinski definition) is 5. The van der Waals surface area contributed by atoms with Gasteiger partial charge in [-0.05, 0) is 36.4 Å². The average Bonchev–Trinajstić information content (AvgIpc) is 2.55. The molecule has 90 valence electrons. The van der Waals surface area contributed by atoms with Gasteiger partial charge in [-0.2, -0.15) is 0 Å². The molecule has 1 fully saturated rings. The molecule has 1 N–H and O–H groups in total. The lowest BCUT2D eigenvalue weighted by Crippen LogP contribution is -2.30. The average molecular weight is 224 g/mol. The summed E-state index contributed by atoms with van der Waals surface area (Å²) in [5.74, 6) is 0.745. The van der Waals surface area contributed by atoms with E-state index < -0.39 is 0 Å². The predicted octanol–water partition coefficient (Wildman–Crippen LogP) is 0.498. The molecule has 2 heterocycles. The number of tetrazole rings is 1. The van der Waals surface area contributed by atoms with Crippen molar-refractivity contribution in [2.75, 3.05) is 31.5 Å². The molecule has 2 rings (SSSR count). The maximum absolute atomic E-state index is 3.89. The van der Waals surface area contributed by atoms with Crippen LogP contribution in [0.3, 0.4) is 0 Å². The van der Waals surface area contributed by atoms with E-state index >= 15 is 0 Å². The molecule has 1 aliphatic heterocycles. The second kappa shape index (κ2) is 5.79. The highest BCUT2D eigenvalue weighted by Crippen LogP contribution is 2.08. The lowest BCUT2D eigenvalue weighted by Gasteiger charge is -2.19. The number of anilines is 1. The van der Waals surface area contributed by atoms with Crippen LogP contribution in [0.5, 0.6) is 0 Å². The first-order chi connectivity index (χ1) is 7.86. The summed E-state index contributed by atoms with van der Waals surface area (Å²) in [4.78, 5) is 2.52. The van der Waals surface area contributed by atoms with Crippen molar-refractivity contribution in [1.29, 1.82) is 0 Å². The molecule has 1 aromatic rings. The lowest BCUT2D eigenvalue weighted by molar-refractivity contribution is 0.296. The second-order valence-corrected chi connectivity index (χ2v) is 4.31. The maximum Gasteiger partial charge on any atom is 0.242 e. The van der Waals surface area contributed by atoms with Crippen LogP contribution in [0.4, 0.5) is 5.95 Å². The van der Waals surface area contributed by atoms with Gasteiger partial charge in [0.1, 0.15) is 0 Å². The Bertz CT molecular complexity index is 302. The summed E-state index contributed by atoms with van der Waals surface area (Å²) in [6, 6.07) is 0. The fourth-order valence-corrected chi connectivity index (χ4v) is 2.06. The van der Waals surface area contributed by atoms with Crippen molar-refractivity contribution < 1.29 is 0 Å². The van der Waals surface area contributed by atoms with Crippen molar-refractivity contribution in [3.63, 3.8) is 0 Å². The highest BCUT2D eigenvalue weighted by molar-refractivity contribution is 5.20. The quantitative estimate of drug-likeness (QED) is 0.807. The molecule has 0 bridgehead atoms. The van der Waals surface area contributed by atoms with E-state index in [0.29, 0.717) is 0 Å². The molecule has 1 aliphatic rings. The van der Waals surface area contributed by atoms with Gasteiger partial charge < -0.3 is 10.2 Å². The van der Waals surface area contributed by atoms with E-state index in [1.165, 1.54) is 38.8 Å². The van der Waals surface area contributed by atoms with Crippen LogP contribution in [0.1, 0.15) is 25.7 Å². The molecule has 6 heteroatoms. The number of aromatic nitrogens is 4. The molecular weight excluding hydrogens is 204 g/mol. The van der Waals surface area contributed by atoms with Gasteiger partial charge >= 0.3 is 0 Å². The number of hydrogen-bond donors (Lipinski definition) is 1. The summed E-state index contributed by atoms with van der Waals surface area (Å²) in [6.07, 6.45) is 5.45. The third kappa shape index (κ3) is 3.16. The fourth-order valence-electron chi connectivity index (χ4n) is 2.06. The summed E-state index contributed by atoms with van der Waals surface area (Å²) in [5.41, 5.74) is 0. The second-order valence-electron chi connectivity index (χ2n) is 4.31. The van der Waals surface area contributed by atoms with Crippen molar-refractivity contribution >= 4 is 5.95 Å². The van der Waals surface area contributed by atoms with E-state index in [-0.39, 0.29) is 0 Å². The topological polar surface area (TPSA) is 58.9 Å². The molecule has 0 radical (unpaired) electrons. The van der Waals surface area contributed by atoms with Gasteiger partial charge in [0.25, 0.3) is 0 Å². The van der Waals surface area contributed by atoms with Gasteiger partial charge in [0, 0.05) is 20.1 Å². The molecule has 0 amide bonds. The first-order valence-corrected chi connectivity index (χ1v) is 6.05. The predicted molar refractivity (Wildman–Crippen MR) is 62.2 cm³/mol. The van der Waals surface area contributed by atoms with E-state index in [1.54, 1.807) is 4.68 Å². The fraction of sp³-hybridized carbons (Fsp3) is 0.900. The normalized spacial score (nSPS) is 18.3. The van der Waals surface area contributed by atoms with Crippen LogP contribution in [0.2, 0.25) is 0 Å². The van der Waals surface area contributed by atoms with Gasteiger partial charge in [-0.1, -0.05) is 17.9 Å². The van der Waals surface area contributed by atoms with Crippen LogP contribution in [0, 0.1) is 0 Å². The highest BCUT2D eigenvalue weighted by Gasteiger charge is 2.08. The SMILES string of the molecule is Cn1nnnc1NCCN1CCCCCC1. The van der Waals surface area contributed by atoms with Crippen molar-refractivity contribution in [3.8, 4) is 0 Å². The molecule has 0 unspecified atom stereocenters. The first kappa shape index (κ1) is 11.3. The van der Waals surface area contributed by atoms with E-state index in [1.807, 2.05) is 7.05 Å². The van der Waals surface area contributed by atoms with Gasteiger partial charge in [-0.3, -0.25) is 0 Å². The summed E-state index contributed by atoms with van der Waals surface area (Å²) in [7, 11) is 1.84. The Morgan fingerprint density at radius 3 is 2.56 bits per heavy atom. The van der Waals surface area contributed by atoms with Crippen LogP contribution >= 0.6 is 0 Å². The zero-order chi connectivity index (χ0) is 11.2. The summed E-state index contributed by atoms with van der Waals surface area (Å²) >= 11 is 0. The van der Waals surface area contributed by atoms with E-state index in [9.17, 15) is 0 Å². The van der Waals surface area contributed by atoms with Crippen molar-refractivity contribution in [3.05, 3.63) is 0 Å². The van der Waals surface area contributed by atoms with Crippen molar-refractivity contribution in [2.24, 2.45) is 7.05 Å². The minimum atomic E-state index is 0.745. The molecule has 0 spiro atoms. The largest absolute Gasteiger partial charge is 0.352 e. The third-order valence-electron chi connectivity index (χ3n) is 3.03. The van der Waals surface area contributed by atoms with E-state index in [4.69, 9.17) is 0 Å². The Labute approximate surface area is 96.0 Å². The smallest absolute Gasteiger partial charge is 0.242 e. The number of likely N-dealkylation sites (tertiary alicyclic amines) is 1. The Morgan fingerprint density at radius 2 is 1.94 bits per heavy atom. The van der Waals surface area contributed by atoms with Crippen LogP contribution in [-0.4, -0.2) is 51.3 Å². The van der Waals surface area contributed by atoms with Gasteiger partial charge in [-0.25, -0.2) is 4.68 Å². The minimum absolute atomic E-state index is 0.745. The summed E-state index contributed by atoms with van der Waals surface area (Å²) in [6.45, 7) is 4.46. The molecule has 1 aromatic heterocycles. The highest BCUT2D eigenvalue weighted by atomic mass is 15.6. The Kier molecular flexibility index (Phi) is 4.10. The molecule has 1 saturated heterocycles. The lowest BCUT2D eigenvalue weighted by atomic mass is 10.2. The number of rotatable bonds is 4.